The molecule has 2 bridgehead atoms. The second-order valence-corrected chi connectivity index (χ2v) is 7.14. The van der Waals surface area contributed by atoms with Gasteiger partial charge in [0.25, 0.3) is 0 Å². The van der Waals surface area contributed by atoms with Crippen LogP contribution in [0, 0.1) is 0 Å². The summed E-state index contributed by atoms with van der Waals surface area (Å²) in [4.78, 5) is 2.44. The predicted octanol–water partition coefficient (Wildman–Crippen LogP) is 4.28. The molecule has 1 aromatic rings. The standard InChI is InChI=1S/C18H24F3NO/c19-18(20,21)10-4-9-17(23)11-15-7-8-16(12-17)22(15)13-14-5-2-1-3-6-14/h1-3,5-6,15-16,23H,4,7-13H2. The van der Waals surface area contributed by atoms with Crippen LogP contribution in [-0.4, -0.2) is 33.9 Å². The zero-order valence-corrected chi connectivity index (χ0v) is 13.2. The first-order valence-electron chi connectivity index (χ1n) is 8.43. The smallest absolute Gasteiger partial charge is 0.389 e. The number of benzene rings is 1. The van der Waals surface area contributed by atoms with Gasteiger partial charge in [-0.3, -0.25) is 4.90 Å². The van der Waals surface area contributed by atoms with Crippen molar-refractivity contribution in [3.05, 3.63) is 35.9 Å². The second kappa shape index (κ2) is 6.44. The highest BCUT2D eigenvalue weighted by atomic mass is 19.4. The molecule has 128 valence electrons. The molecule has 0 saturated carbocycles. The summed E-state index contributed by atoms with van der Waals surface area (Å²) >= 11 is 0. The van der Waals surface area contributed by atoms with Crippen molar-refractivity contribution < 1.29 is 18.3 Å². The number of hydrogen-bond acceptors (Lipinski definition) is 2. The summed E-state index contributed by atoms with van der Waals surface area (Å²) in [5.41, 5.74) is 0.344. The highest BCUT2D eigenvalue weighted by Gasteiger charge is 2.47. The van der Waals surface area contributed by atoms with Gasteiger partial charge < -0.3 is 5.11 Å². The maximum atomic E-state index is 12.3. The van der Waals surface area contributed by atoms with Gasteiger partial charge in [0.2, 0.25) is 0 Å². The zero-order chi connectivity index (χ0) is 16.5. The van der Waals surface area contributed by atoms with E-state index < -0.39 is 18.2 Å². The molecular formula is C18H24F3NO. The normalized spacial score (nSPS) is 31.5. The summed E-state index contributed by atoms with van der Waals surface area (Å²) in [5.74, 6) is 0. The van der Waals surface area contributed by atoms with Crippen LogP contribution >= 0.6 is 0 Å². The van der Waals surface area contributed by atoms with E-state index in [4.69, 9.17) is 0 Å². The van der Waals surface area contributed by atoms with Crippen LogP contribution in [0.4, 0.5) is 13.2 Å². The Bertz CT molecular complexity index is 503. The molecular weight excluding hydrogens is 303 g/mol. The van der Waals surface area contributed by atoms with E-state index in [0.717, 1.165) is 19.4 Å². The van der Waals surface area contributed by atoms with Gasteiger partial charge in [0.05, 0.1) is 5.60 Å². The van der Waals surface area contributed by atoms with Gasteiger partial charge in [-0.25, -0.2) is 0 Å². The lowest BCUT2D eigenvalue weighted by atomic mass is 9.82. The Morgan fingerprint density at radius 3 is 2.26 bits per heavy atom. The Hall–Kier alpha value is -1.07. The summed E-state index contributed by atoms with van der Waals surface area (Å²) < 4.78 is 36.9. The monoisotopic (exact) mass is 327 g/mol. The maximum Gasteiger partial charge on any atom is 0.389 e. The van der Waals surface area contributed by atoms with E-state index in [2.05, 4.69) is 17.0 Å². The van der Waals surface area contributed by atoms with E-state index in [9.17, 15) is 18.3 Å². The Labute approximate surface area is 135 Å². The lowest BCUT2D eigenvalue weighted by Gasteiger charge is -2.44. The lowest BCUT2D eigenvalue weighted by Crippen LogP contribution is -2.50. The van der Waals surface area contributed by atoms with E-state index in [1.54, 1.807) is 0 Å². The lowest BCUT2D eigenvalue weighted by molar-refractivity contribution is -0.140. The first kappa shape index (κ1) is 16.8. The van der Waals surface area contributed by atoms with Crippen LogP contribution in [0.1, 0.15) is 50.5 Å². The quantitative estimate of drug-likeness (QED) is 0.873. The number of nitrogens with zero attached hydrogens (tertiary/aromatic N) is 1. The van der Waals surface area contributed by atoms with Crippen molar-refractivity contribution in [3.63, 3.8) is 0 Å². The van der Waals surface area contributed by atoms with Crippen molar-refractivity contribution in [2.45, 2.75) is 75.4 Å². The molecule has 2 atom stereocenters. The van der Waals surface area contributed by atoms with Crippen molar-refractivity contribution in [1.82, 2.24) is 4.90 Å². The molecule has 1 N–H and O–H groups in total. The fourth-order valence-corrected chi connectivity index (χ4v) is 4.29. The van der Waals surface area contributed by atoms with Gasteiger partial charge in [-0.15, -0.1) is 0 Å². The van der Waals surface area contributed by atoms with Crippen molar-refractivity contribution in [2.24, 2.45) is 0 Å². The van der Waals surface area contributed by atoms with E-state index in [-0.39, 0.29) is 12.8 Å². The number of hydrogen-bond donors (Lipinski definition) is 1. The maximum absolute atomic E-state index is 12.3. The van der Waals surface area contributed by atoms with Crippen molar-refractivity contribution in [2.75, 3.05) is 0 Å². The summed E-state index contributed by atoms with van der Waals surface area (Å²) in [5, 5.41) is 10.7. The molecule has 2 aliphatic heterocycles. The Kier molecular flexibility index (Phi) is 4.70. The molecule has 2 unspecified atom stereocenters. The molecule has 0 spiro atoms. The molecule has 2 fully saturated rings. The third kappa shape index (κ3) is 4.27. The van der Waals surface area contributed by atoms with Gasteiger partial charge in [0, 0.05) is 25.0 Å². The molecule has 2 saturated heterocycles. The van der Waals surface area contributed by atoms with Crippen LogP contribution in [0.3, 0.4) is 0 Å². The topological polar surface area (TPSA) is 23.5 Å². The molecule has 3 rings (SSSR count). The molecule has 1 aromatic carbocycles. The molecule has 23 heavy (non-hydrogen) atoms. The Morgan fingerprint density at radius 1 is 1.09 bits per heavy atom. The van der Waals surface area contributed by atoms with Crippen LogP contribution in [-0.2, 0) is 6.54 Å². The molecule has 2 heterocycles. The van der Waals surface area contributed by atoms with E-state index in [1.165, 1.54) is 5.56 Å². The Morgan fingerprint density at radius 2 is 1.70 bits per heavy atom. The minimum absolute atomic E-state index is 0.0259. The van der Waals surface area contributed by atoms with Crippen LogP contribution in [0.25, 0.3) is 0 Å². The van der Waals surface area contributed by atoms with Gasteiger partial charge in [-0.05, 0) is 44.1 Å². The first-order chi connectivity index (χ1) is 10.8. The van der Waals surface area contributed by atoms with Gasteiger partial charge >= 0.3 is 6.18 Å². The van der Waals surface area contributed by atoms with E-state index >= 15 is 0 Å². The average molecular weight is 327 g/mol. The molecule has 2 nitrogen and oxygen atoms in total. The SMILES string of the molecule is OC1(CCCC(F)(F)F)CC2CCC(C1)N2Cc1ccccc1. The number of aliphatic hydroxyl groups is 1. The van der Waals surface area contributed by atoms with Crippen LogP contribution < -0.4 is 0 Å². The van der Waals surface area contributed by atoms with Crippen LogP contribution in [0.5, 0.6) is 0 Å². The summed E-state index contributed by atoms with van der Waals surface area (Å²) in [6.45, 7) is 0.870. The number of fused-ring (bicyclic) bond motifs is 2. The molecule has 0 radical (unpaired) electrons. The van der Waals surface area contributed by atoms with Crippen molar-refractivity contribution in [1.29, 1.82) is 0 Å². The fourth-order valence-electron chi connectivity index (χ4n) is 4.29. The first-order valence-corrected chi connectivity index (χ1v) is 8.43. The number of halogens is 3. The van der Waals surface area contributed by atoms with Crippen LogP contribution in [0.2, 0.25) is 0 Å². The van der Waals surface area contributed by atoms with Crippen molar-refractivity contribution in [3.8, 4) is 0 Å². The van der Waals surface area contributed by atoms with Gasteiger partial charge in [-0.1, -0.05) is 30.3 Å². The third-order valence-corrected chi connectivity index (χ3v) is 5.31. The minimum atomic E-state index is -4.12. The highest BCUT2D eigenvalue weighted by molar-refractivity contribution is 5.16. The number of alkyl halides is 3. The number of rotatable bonds is 5. The van der Waals surface area contributed by atoms with Crippen molar-refractivity contribution >= 4 is 0 Å². The molecule has 0 amide bonds. The fraction of sp³-hybridized carbons (Fsp3) is 0.667. The second-order valence-electron chi connectivity index (χ2n) is 7.14. The Balaban J connectivity index is 1.58. The van der Waals surface area contributed by atoms with Gasteiger partial charge in [0.15, 0.2) is 0 Å². The average Bonchev–Trinajstić information content (AvgIpc) is 2.71. The largest absolute Gasteiger partial charge is 0.390 e. The highest BCUT2D eigenvalue weighted by Crippen LogP contribution is 2.44. The van der Waals surface area contributed by atoms with E-state index in [0.29, 0.717) is 24.9 Å². The summed E-state index contributed by atoms with van der Waals surface area (Å²) in [6.07, 6.45) is -1.33. The summed E-state index contributed by atoms with van der Waals surface area (Å²) in [7, 11) is 0. The molecule has 0 aliphatic carbocycles. The summed E-state index contributed by atoms with van der Waals surface area (Å²) in [6, 6.07) is 10.8. The number of piperidine rings is 1. The molecule has 5 heteroatoms. The molecule has 0 aromatic heterocycles. The van der Waals surface area contributed by atoms with Gasteiger partial charge in [-0.2, -0.15) is 13.2 Å². The van der Waals surface area contributed by atoms with Crippen LogP contribution in [0.15, 0.2) is 30.3 Å². The molecule has 2 aliphatic rings. The van der Waals surface area contributed by atoms with E-state index in [1.807, 2.05) is 18.2 Å². The van der Waals surface area contributed by atoms with Gasteiger partial charge in [0.1, 0.15) is 0 Å². The zero-order valence-electron chi connectivity index (χ0n) is 13.2. The minimum Gasteiger partial charge on any atom is -0.390 e. The predicted molar refractivity (Wildman–Crippen MR) is 82.9 cm³/mol. The third-order valence-electron chi connectivity index (χ3n) is 5.31.